The number of nitrogens with one attached hydrogen (secondary N) is 1. The number of rotatable bonds is 6. The summed E-state index contributed by atoms with van der Waals surface area (Å²) in [7, 11) is 1.57. The van der Waals surface area contributed by atoms with Gasteiger partial charge in [0.15, 0.2) is 11.5 Å². The summed E-state index contributed by atoms with van der Waals surface area (Å²) in [6.45, 7) is 6.70. The molecule has 3 rings (SSSR count). The van der Waals surface area contributed by atoms with Gasteiger partial charge in [-0.3, -0.25) is 4.79 Å². The van der Waals surface area contributed by atoms with Crippen molar-refractivity contribution in [2.75, 3.05) is 37.0 Å². The van der Waals surface area contributed by atoms with Crippen LogP contribution in [-0.4, -0.2) is 32.7 Å². The molecule has 1 aliphatic heterocycles. The van der Waals surface area contributed by atoms with Gasteiger partial charge in [-0.05, 0) is 68.7 Å². The van der Waals surface area contributed by atoms with E-state index in [4.69, 9.17) is 9.47 Å². The molecule has 0 aromatic heterocycles. The van der Waals surface area contributed by atoms with Gasteiger partial charge in [0, 0.05) is 30.0 Å². The van der Waals surface area contributed by atoms with Crippen LogP contribution in [0.5, 0.6) is 11.5 Å². The molecule has 1 fully saturated rings. The number of carbonyl (C=O) groups excluding carboxylic acids is 1. The molecule has 2 aromatic carbocycles. The van der Waals surface area contributed by atoms with Crippen molar-refractivity contribution < 1.29 is 14.3 Å². The zero-order chi connectivity index (χ0) is 18.5. The Labute approximate surface area is 154 Å². The first-order valence-electron chi connectivity index (χ1n) is 9.10. The van der Waals surface area contributed by atoms with Gasteiger partial charge in [-0.2, -0.15) is 0 Å². The minimum atomic E-state index is -0.164. The van der Waals surface area contributed by atoms with Gasteiger partial charge in [0.05, 0.1) is 13.7 Å². The van der Waals surface area contributed by atoms with Crippen molar-refractivity contribution in [2.24, 2.45) is 0 Å². The molecule has 0 bridgehead atoms. The maximum atomic E-state index is 12.6. The second-order valence-corrected chi connectivity index (χ2v) is 6.45. The molecule has 1 aliphatic rings. The maximum Gasteiger partial charge on any atom is 0.255 e. The Balaban J connectivity index is 1.75. The van der Waals surface area contributed by atoms with Crippen molar-refractivity contribution >= 4 is 17.3 Å². The number of ether oxygens (including phenoxy) is 2. The molecule has 26 heavy (non-hydrogen) atoms. The molecule has 0 saturated carbocycles. The normalized spacial score (nSPS) is 13.6. The van der Waals surface area contributed by atoms with Gasteiger partial charge < -0.3 is 19.7 Å². The fraction of sp³-hybridized carbons (Fsp3) is 0.381. The molecule has 0 spiro atoms. The first-order valence-corrected chi connectivity index (χ1v) is 9.10. The van der Waals surface area contributed by atoms with Crippen molar-refractivity contribution in [2.45, 2.75) is 26.7 Å². The fourth-order valence-corrected chi connectivity index (χ4v) is 3.24. The molecule has 5 heteroatoms. The van der Waals surface area contributed by atoms with E-state index in [9.17, 15) is 4.79 Å². The highest BCUT2D eigenvalue weighted by atomic mass is 16.5. The minimum absolute atomic E-state index is 0.164. The van der Waals surface area contributed by atoms with Crippen molar-refractivity contribution in [3.8, 4) is 11.5 Å². The van der Waals surface area contributed by atoms with Crippen LogP contribution in [0.2, 0.25) is 0 Å². The zero-order valence-electron chi connectivity index (χ0n) is 15.7. The third-order valence-electron chi connectivity index (χ3n) is 4.66. The highest BCUT2D eigenvalue weighted by Gasteiger charge is 2.15. The van der Waals surface area contributed by atoms with Gasteiger partial charge in [-0.1, -0.05) is 0 Å². The molecule has 0 radical (unpaired) electrons. The van der Waals surface area contributed by atoms with Crippen LogP contribution < -0.4 is 19.7 Å². The highest BCUT2D eigenvalue weighted by molar-refractivity contribution is 6.05. The van der Waals surface area contributed by atoms with Gasteiger partial charge in [0.2, 0.25) is 0 Å². The molecule has 2 aromatic rings. The molecule has 0 unspecified atom stereocenters. The summed E-state index contributed by atoms with van der Waals surface area (Å²) in [5.74, 6) is 1.03. The fourth-order valence-electron chi connectivity index (χ4n) is 3.24. The van der Waals surface area contributed by atoms with Crippen molar-refractivity contribution in [3.05, 3.63) is 47.5 Å². The van der Waals surface area contributed by atoms with Crippen LogP contribution in [0.4, 0.5) is 11.4 Å². The third kappa shape index (κ3) is 3.93. The number of aryl methyl sites for hydroxylation is 1. The standard InChI is InChI=1S/C21H26N2O3/c1-4-26-19-10-7-16(14-20(19)25-3)21(24)22-18-9-8-17(13-15(18)2)23-11-5-6-12-23/h7-10,13-14H,4-6,11-12H2,1-3H3,(H,22,24). The third-order valence-corrected chi connectivity index (χ3v) is 4.66. The van der Waals surface area contributed by atoms with Gasteiger partial charge in [-0.15, -0.1) is 0 Å². The molecule has 1 heterocycles. The average molecular weight is 354 g/mol. The molecule has 1 amide bonds. The number of anilines is 2. The molecule has 1 saturated heterocycles. The Morgan fingerprint density at radius 1 is 1.12 bits per heavy atom. The summed E-state index contributed by atoms with van der Waals surface area (Å²) in [6.07, 6.45) is 2.49. The topological polar surface area (TPSA) is 50.8 Å². The van der Waals surface area contributed by atoms with E-state index >= 15 is 0 Å². The van der Waals surface area contributed by atoms with Gasteiger partial charge >= 0.3 is 0 Å². The minimum Gasteiger partial charge on any atom is -0.493 e. The number of methoxy groups -OCH3 is 1. The summed E-state index contributed by atoms with van der Waals surface area (Å²) in [6, 6.07) is 11.4. The molecular weight excluding hydrogens is 328 g/mol. The van der Waals surface area contributed by atoms with Crippen molar-refractivity contribution in [3.63, 3.8) is 0 Å². The van der Waals surface area contributed by atoms with E-state index in [0.29, 0.717) is 23.7 Å². The lowest BCUT2D eigenvalue weighted by Gasteiger charge is -2.19. The van der Waals surface area contributed by atoms with Gasteiger partial charge in [0.25, 0.3) is 5.91 Å². The van der Waals surface area contributed by atoms with Crippen LogP contribution in [-0.2, 0) is 0 Å². The second kappa shape index (κ2) is 8.13. The van der Waals surface area contributed by atoms with Crippen molar-refractivity contribution in [1.29, 1.82) is 0 Å². The first kappa shape index (κ1) is 18.1. The smallest absolute Gasteiger partial charge is 0.255 e. The second-order valence-electron chi connectivity index (χ2n) is 6.45. The van der Waals surface area contributed by atoms with Crippen LogP contribution in [0.1, 0.15) is 35.7 Å². The Morgan fingerprint density at radius 2 is 1.88 bits per heavy atom. The van der Waals surface area contributed by atoms with Crippen molar-refractivity contribution in [1.82, 2.24) is 0 Å². The summed E-state index contributed by atoms with van der Waals surface area (Å²) in [4.78, 5) is 15.0. The average Bonchev–Trinajstić information content (AvgIpc) is 3.18. The molecule has 0 aliphatic carbocycles. The summed E-state index contributed by atoms with van der Waals surface area (Å²) < 4.78 is 10.8. The highest BCUT2D eigenvalue weighted by Crippen LogP contribution is 2.29. The van der Waals surface area contributed by atoms with E-state index in [-0.39, 0.29) is 5.91 Å². The number of nitrogens with zero attached hydrogens (tertiary/aromatic N) is 1. The molecule has 138 valence electrons. The summed E-state index contributed by atoms with van der Waals surface area (Å²) in [5, 5.41) is 2.99. The lowest BCUT2D eigenvalue weighted by Crippen LogP contribution is -2.18. The van der Waals surface area contributed by atoms with Crippen LogP contribution in [0.15, 0.2) is 36.4 Å². The van der Waals surface area contributed by atoms with E-state index < -0.39 is 0 Å². The van der Waals surface area contributed by atoms with E-state index in [1.54, 1.807) is 25.3 Å². The molecule has 0 atom stereocenters. The van der Waals surface area contributed by atoms with Crippen LogP contribution >= 0.6 is 0 Å². The quantitative estimate of drug-likeness (QED) is 0.842. The first-order chi connectivity index (χ1) is 12.6. The van der Waals surface area contributed by atoms with Crippen LogP contribution in [0.3, 0.4) is 0 Å². The van der Waals surface area contributed by atoms with Crippen LogP contribution in [0, 0.1) is 6.92 Å². The molecular formula is C21H26N2O3. The Morgan fingerprint density at radius 3 is 2.54 bits per heavy atom. The Bertz CT molecular complexity index is 783. The zero-order valence-corrected chi connectivity index (χ0v) is 15.7. The maximum absolute atomic E-state index is 12.6. The number of carbonyl (C=O) groups is 1. The van der Waals surface area contributed by atoms with Gasteiger partial charge in [-0.25, -0.2) is 0 Å². The SMILES string of the molecule is CCOc1ccc(C(=O)Nc2ccc(N3CCCC3)cc2C)cc1OC. The lowest BCUT2D eigenvalue weighted by molar-refractivity contribution is 0.102. The number of benzene rings is 2. The largest absolute Gasteiger partial charge is 0.493 e. The number of hydrogen-bond acceptors (Lipinski definition) is 4. The van der Waals surface area contributed by atoms with Crippen LogP contribution in [0.25, 0.3) is 0 Å². The monoisotopic (exact) mass is 354 g/mol. The number of hydrogen-bond donors (Lipinski definition) is 1. The Kier molecular flexibility index (Phi) is 5.66. The molecule has 1 N–H and O–H groups in total. The van der Waals surface area contributed by atoms with Gasteiger partial charge in [0.1, 0.15) is 0 Å². The summed E-state index contributed by atoms with van der Waals surface area (Å²) >= 11 is 0. The predicted octanol–water partition coefficient (Wildman–Crippen LogP) is 4.25. The Hall–Kier alpha value is -2.69. The molecule has 5 nitrogen and oxygen atoms in total. The van der Waals surface area contributed by atoms with E-state index in [2.05, 4.69) is 22.3 Å². The predicted molar refractivity (Wildman–Crippen MR) is 105 cm³/mol. The van der Waals surface area contributed by atoms with E-state index in [1.165, 1.54) is 18.5 Å². The van der Waals surface area contributed by atoms with E-state index in [1.807, 2.05) is 19.9 Å². The summed E-state index contributed by atoms with van der Waals surface area (Å²) in [5.41, 5.74) is 3.64. The van der Waals surface area contributed by atoms with E-state index in [0.717, 1.165) is 24.3 Å². The lowest BCUT2D eigenvalue weighted by atomic mass is 10.1. The number of amides is 1.